The lowest BCUT2D eigenvalue weighted by atomic mass is 10.1. The fraction of sp³-hybridized carbons (Fsp3) is 0.211. The van der Waals surface area contributed by atoms with Crippen LogP contribution in [0, 0.1) is 0 Å². The van der Waals surface area contributed by atoms with Gasteiger partial charge in [0.15, 0.2) is 15.6 Å². The second-order valence-corrected chi connectivity index (χ2v) is 9.28. The van der Waals surface area contributed by atoms with E-state index >= 15 is 0 Å². The third kappa shape index (κ3) is 4.29. The molecule has 0 unspecified atom stereocenters. The average molecular weight is 426 g/mol. The van der Waals surface area contributed by atoms with E-state index in [0.29, 0.717) is 32.1 Å². The second-order valence-electron chi connectivity index (χ2n) is 6.35. The molecule has 27 heavy (non-hydrogen) atoms. The van der Waals surface area contributed by atoms with Gasteiger partial charge in [-0.2, -0.15) is 0 Å². The number of amides is 1. The molecule has 1 heterocycles. The van der Waals surface area contributed by atoms with Crippen molar-refractivity contribution < 1.29 is 17.6 Å². The molecule has 3 aromatic rings. The fourth-order valence-electron chi connectivity index (χ4n) is 2.85. The average Bonchev–Trinajstić information content (AvgIpc) is 2.95. The summed E-state index contributed by atoms with van der Waals surface area (Å²) in [5, 5.41) is 1.39. The quantitative estimate of drug-likeness (QED) is 0.600. The number of fused-ring (bicyclic) bond motifs is 1. The van der Waals surface area contributed by atoms with Crippen LogP contribution in [-0.2, 0) is 22.1 Å². The Morgan fingerprint density at radius 2 is 1.81 bits per heavy atom. The highest BCUT2D eigenvalue weighted by Gasteiger charge is 2.26. The Bertz CT molecular complexity index is 1120. The number of rotatable bonds is 5. The molecule has 0 spiro atoms. The molecular weight excluding hydrogens is 409 g/mol. The number of para-hydroxylation sites is 1. The van der Waals surface area contributed by atoms with Crippen LogP contribution in [0.15, 0.2) is 46.9 Å². The van der Waals surface area contributed by atoms with Crippen LogP contribution in [0.2, 0.25) is 10.0 Å². The number of carbonyl (C=O) groups is 1. The first-order valence-electron chi connectivity index (χ1n) is 8.04. The molecule has 1 aromatic heterocycles. The first kappa shape index (κ1) is 19.7. The molecule has 3 rings (SSSR count). The molecule has 0 bridgehead atoms. The predicted octanol–water partition coefficient (Wildman–Crippen LogP) is 4.56. The van der Waals surface area contributed by atoms with Crippen LogP contribution in [0.5, 0.6) is 0 Å². The van der Waals surface area contributed by atoms with Gasteiger partial charge in [0, 0.05) is 30.8 Å². The van der Waals surface area contributed by atoms with Gasteiger partial charge >= 0.3 is 0 Å². The van der Waals surface area contributed by atoms with Gasteiger partial charge in [0.05, 0.1) is 15.8 Å². The molecule has 0 atom stereocenters. The SMILES string of the molecule is CN(Cc1cccc(Cl)c1Cl)C(=O)c1oc2ccccc2c1CS(C)(=O)=O. The molecule has 8 heteroatoms. The fourth-order valence-corrected chi connectivity index (χ4v) is 4.04. The van der Waals surface area contributed by atoms with E-state index in [9.17, 15) is 13.2 Å². The molecule has 0 saturated heterocycles. The van der Waals surface area contributed by atoms with E-state index < -0.39 is 15.7 Å². The second kappa shape index (κ2) is 7.54. The molecule has 142 valence electrons. The van der Waals surface area contributed by atoms with E-state index in [1.165, 1.54) is 4.90 Å². The zero-order chi connectivity index (χ0) is 19.8. The molecule has 0 aliphatic carbocycles. The zero-order valence-electron chi connectivity index (χ0n) is 14.7. The smallest absolute Gasteiger partial charge is 0.289 e. The van der Waals surface area contributed by atoms with Crippen molar-refractivity contribution in [2.24, 2.45) is 0 Å². The van der Waals surface area contributed by atoms with Crippen molar-refractivity contribution in [2.45, 2.75) is 12.3 Å². The number of halogens is 2. The summed E-state index contributed by atoms with van der Waals surface area (Å²) >= 11 is 12.2. The lowest BCUT2D eigenvalue weighted by molar-refractivity contribution is 0.0755. The Balaban J connectivity index is 1.99. The third-order valence-electron chi connectivity index (χ3n) is 4.08. The minimum absolute atomic E-state index is 0.0160. The molecule has 5 nitrogen and oxygen atoms in total. The highest BCUT2D eigenvalue weighted by atomic mass is 35.5. The first-order valence-corrected chi connectivity index (χ1v) is 10.9. The molecule has 0 fully saturated rings. The molecule has 1 amide bonds. The highest BCUT2D eigenvalue weighted by Crippen LogP contribution is 2.30. The summed E-state index contributed by atoms with van der Waals surface area (Å²) in [5.74, 6) is -0.695. The maximum atomic E-state index is 13.0. The Morgan fingerprint density at radius 3 is 2.52 bits per heavy atom. The van der Waals surface area contributed by atoms with Gasteiger partial charge in [-0.15, -0.1) is 0 Å². The van der Waals surface area contributed by atoms with Crippen molar-refractivity contribution in [3.63, 3.8) is 0 Å². The lowest BCUT2D eigenvalue weighted by Gasteiger charge is -2.18. The van der Waals surface area contributed by atoms with Gasteiger partial charge in [-0.1, -0.05) is 53.5 Å². The van der Waals surface area contributed by atoms with Crippen molar-refractivity contribution in [1.82, 2.24) is 4.90 Å². The van der Waals surface area contributed by atoms with E-state index in [1.54, 1.807) is 49.5 Å². The molecule has 2 aromatic carbocycles. The molecule has 0 aliphatic rings. The molecular formula is C19H17Cl2NO4S. The van der Waals surface area contributed by atoms with Crippen LogP contribution in [-0.4, -0.2) is 32.5 Å². The number of sulfone groups is 1. The van der Waals surface area contributed by atoms with Crippen molar-refractivity contribution in [3.8, 4) is 0 Å². The van der Waals surface area contributed by atoms with Gasteiger partial charge in [-0.3, -0.25) is 4.79 Å². The number of furan rings is 1. The van der Waals surface area contributed by atoms with Gasteiger partial charge in [0.25, 0.3) is 5.91 Å². The van der Waals surface area contributed by atoms with E-state index in [4.69, 9.17) is 27.6 Å². The maximum Gasteiger partial charge on any atom is 0.289 e. The topological polar surface area (TPSA) is 67.6 Å². The lowest BCUT2D eigenvalue weighted by Crippen LogP contribution is -2.27. The van der Waals surface area contributed by atoms with Crippen LogP contribution in [0.25, 0.3) is 11.0 Å². The predicted molar refractivity (Wildman–Crippen MR) is 107 cm³/mol. The Hall–Kier alpha value is -2.02. The van der Waals surface area contributed by atoms with E-state index in [-0.39, 0.29) is 18.1 Å². The summed E-state index contributed by atoms with van der Waals surface area (Å²) < 4.78 is 29.4. The summed E-state index contributed by atoms with van der Waals surface area (Å²) in [4.78, 5) is 14.4. The van der Waals surface area contributed by atoms with E-state index in [0.717, 1.165) is 6.26 Å². The Morgan fingerprint density at radius 1 is 1.11 bits per heavy atom. The summed E-state index contributed by atoms with van der Waals surface area (Å²) in [7, 11) is -1.77. The van der Waals surface area contributed by atoms with E-state index in [2.05, 4.69) is 0 Å². The maximum absolute atomic E-state index is 13.0. The van der Waals surface area contributed by atoms with Crippen molar-refractivity contribution in [2.75, 3.05) is 13.3 Å². The minimum Gasteiger partial charge on any atom is -0.451 e. The molecule has 0 aliphatic heterocycles. The Kier molecular flexibility index (Phi) is 5.51. The normalized spacial score (nSPS) is 11.7. The van der Waals surface area contributed by atoms with Crippen LogP contribution in [0.4, 0.5) is 0 Å². The molecule has 0 radical (unpaired) electrons. The summed E-state index contributed by atoms with van der Waals surface area (Å²) in [6.45, 7) is 0.202. The third-order valence-corrected chi connectivity index (χ3v) is 5.76. The van der Waals surface area contributed by atoms with Gasteiger partial charge in [0.2, 0.25) is 0 Å². The summed E-state index contributed by atoms with van der Waals surface area (Å²) in [5.41, 5.74) is 1.51. The minimum atomic E-state index is -3.36. The number of benzene rings is 2. The molecule has 0 N–H and O–H groups in total. The zero-order valence-corrected chi connectivity index (χ0v) is 17.0. The van der Waals surface area contributed by atoms with Gasteiger partial charge in [-0.05, 0) is 17.7 Å². The summed E-state index contributed by atoms with van der Waals surface area (Å²) in [6.07, 6.45) is 1.12. The largest absolute Gasteiger partial charge is 0.451 e. The number of hydrogen-bond donors (Lipinski definition) is 0. The van der Waals surface area contributed by atoms with Crippen molar-refractivity contribution in [3.05, 3.63) is 69.4 Å². The summed E-state index contributed by atoms with van der Waals surface area (Å²) in [6, 6.07) is 12.2. The van der Waals surface area contributed by atoms with Gasteiger partial charge in [-0.25, -0.2) is 8.42 Å². The number of carbonyl (C=O) groups excluding carboxylic acids is 1. The van der Waals surface area contributed by atoms with Crippen LogP contribution >= 0.6 is 23.2 Å². The van der Waals surface area contributed by atoms with E-state index in [1.807, 2.05) is 0 Å². The number of nitrogens with zero attached hydrogens (tertiary/aromatic N) is 1. The van der Waals surface area contributed by atoms with Crippen LogP contribution in [0.3, 0.4) is 0 Å². The van der Waals surface area contributed by atoms with Crippen molar-refractivity contribution in [1.29, 1.82) is 0 Å². The van der Waals surface area contributed by atoms with Crippen molar-refractivity contribution >= 4 is 49.9 Å². The standard InChI is InChI=1S/C19H17Cl2NO4S/c1-22(10-12-6-5-8-15(20)17(12)21)19(23)18-14(11-27(2,24)25)13-7-3-4-9-16(13)26-18/h3-9H,10-11H2,1-2H3. The number of hydrogen-bond acceptors (Lipinski definition) is 4. The van der Waals surface area contributed by atoms with Crippen LogP contribution < -0.4 is 0 Å². The van der Waals surface area contributed by atoms with Crippen LogP contribution in [0.1, 0.15) is 21.7 Å². The Labute approximate surface area is 167 Å². The first-order chi connectivity index (χ1) is 12.7. The molecule has 0 saturated carbocycles. The highest BCUT2D eigenvalue weighted by molar-refractivity contribution is 7.89. The van der Waals surface area contributed by atoms with Gasteiger partial charge in [0.1, 0.15) is 5.58 Å². The van der Waals surface area contributed by atoms with Gasteiger partial charge < -0.3 is 9.32 Å². The monoisotopic (exact) mass is 425 g/mol.